The zero-order valence-corrected chi connectivity index (χ0v) is 14.8. The van der Waals surface area contributed by atoms with Gasteiger partial charge in [0, 0.05) is 18.1 Å². The molecule has 21 heavy (non-hydrogen) atoms. The van der Waals surface area contributed by atoms with Crippen LogP contribution in [-0.2, 0) is 6.54 Å². The first-order valence-corrected chi connectivity index (χ1v) is 7.89. The van der Waals surface area contributed by atoms with Crippen LogP contribution in [0.15, 0.2) is 40.9 Å². The van der Waals surface area contributed by atoms with Crippen LogP contribution < -0.4 is 0 Å². The lowest BCUT2D eigenvalue weighted by Crippen LogP contribution is -2.26. The first-order chi connectivity index (χ1) is 9.88. The molecule has 110 valence electrons. The molecule has 0 radical (unpaired) electrons. The van der Waals surface area contributed by atoms with Gasteiger partial charge in [0.25, 0.3) is 5.91 Å². The minimum absolute atomic E-state index is 0.0482. The van der Waals surface area contributed by atoms with Crippen LogP contribution in [0.3, 0.4) is 0 Å². The standard InChI is InChI=1S/C16H14BrCl2NO/c1-10-3-5-12(13(17)7-10)16(21)20(2)9-11-4-6-14(18)15(19)8-11/h3-8H,9H2,1-2H3. The second kappa shape index (κ2) is 6.82. The Morgan fingerprint density at radius 2 is 1.86 bits per heavy atom. The van der Waals surface area contributed by atoms with Gasteiger partial charge >= 0.3 is 0 Å². The largest absolute Gasteiger partial charge is 0.337 e. The van der Waals surface area contributed by atoms with Crippen molar-refractivity contribution in [3.8, 4) is 0 Å². The van der Waals surface area contributed by atoms with Crippen molar-refractivity contribution in [3.63, 3.8) is 0 Å². The second-order valence-corrected chi connectivity index (χ2v) is 6.56. The van der Waals surface area contributed by atoms with Gasteiger partial charge in [-0.05, 0) is 58.2 Å². The summed E-state index contributed by atoms with van der Waals surface area (Å²) in [5.41, 5.74) is 2.68. The van der Waals surface area contributed by atoms with E-state index in [0.717, 1.165) is 15.6 Å². The molecule has 0 spiro atoms. The van der Waals surface area contributed by atoms with Crippen molar-refractivity contribution in [2.45, 2.75) is 13.5 Å². The van der Waals surface area contributed by atoms with Crippen molar-refractivity contribution in [2.75, 3.05) is 7.05 Å². The van der Waals surface area contributed by atoms with E-state index in [0.29, 0.717) is 22.2 Å². The minimum Gasteiger partial charge on any atom is -0.337 e. The van der Waals surface area contributed by atoms with E-state index < -0.39 is 0 Å². The number of amides is 1. The maximum Gasteiger partial charge on any atom is 0.255 e. The summed E-state index contributed by atoms with van der Waals surface area (Å²) in [6, 6.07) is 11.1. The van der Waals surface area contributed by atoms with E-state index in [-0.39, 0.29) is 5.91 Å². The Balaban J connectivity index is 2.17. The molecule has 0 heterocycles. The highest BCUT2D eigenvalue weighted by Crippen LogP contribution is 2.24. The molecule has 2 aromatic carbocycles. The van der Waals surface area contributed by atoms with Crippen molar-refractivity contribution in [1.82, 2.24) is 4.90 Å². The zero-order valence-electron chi connectivity index (χ0n) is 11.7. The third kappa shape index (κ3) is 4.00. The van der Waals surface area contributed by atoms with Crippen LogP contribution >= 0.6 is 39.1 Å². The third-order valence-electron chi connectivity index (χ3n) is 3.11. The summed E-state index contributed by atoms with van der Waals surface area (Å²) in [6.45, 7) is 2.45. The lowest BCUT2D eigenvalue weighted by molar-refractivity contribution is 0.0784. The number of carbonyl (C=O) groups is 1. The predicted octanol–water partition coefficient (Wildman–Crippen LogP) is 5.34. The van der Waals surface area contributed by atoms with Crippen LogP contribution in [0.4, 0.5) is 0 Å². The van der Waals surface area contributed by atoms with Crippen LogP contribution in [0.2, 0.25) is 10.0 Å². The lowest BCUT2D eigenvalue weighted by Gasteiger charge is -2.18. The average molecular weight is 387 g/mol. The Hall–Kier alpha value is -1.03. The molecular weight excluding hydrogens is 373 g/mol. The van der Waals surface area contributed by atoms with Gasteiger partial charge < -0.3 is 4.90 Å². The third-order valence-corrected chi connectivity index (χ3v) is 4.50. The number of nitrogens with zero attached hydrogens (tertiary/aromatic N) is 1. The van der Waals surface area contributed by atoms with Crippen molar-refractivity contribution >= 4 is 45.0 Å². The summed E-state index contributed by atoms with van der Waals surface area (Å²) < 4.78 is 0.800. The summed E-state index contributed by atoms with van der Waals surface area (Å²) >= 11 is 15.3. The Kier molecular flexibility index (Phi) is 5.31. The molecule has 2 aromatic rings. The number of rotatable bonds is 3. The molecule has 0 fully saturated rings. The van der Waals surface area contributed by atoms with Gasteiger partial charge in [-0.3, -0.25) is 4.79 Å². The molecule has 0 aliphatic carbocycles. The van der Waals surface area contributed by atoms with Crippen molar-refractivity contribution in [2.24, 2.45) is 0 Å². The minimum atomic E-state index is -0.0482. The summed E-state index contributed by atoms with van der Waals surface area (Å²) in [5, 5.41) is 1.00. The average Bonchev–Trinajstić information content (AvgIpc) is 2.42. The van der Waals surface area contributed by atoms with Crippen LogP contribution in [-0.4, -0.2) is 17.9 Å². The molecule has 0 N–H and O–H groups in total. The Labute approximate surface area is 142 Å². The van der Waals surface area contributed by atoms with E-state index in [1.165, 1.54) is 0 Å². The zero-order chi connectivity index (χ0) is 15.6. The monoisotopic (exact) mass is 385 g/mol. The fourth-order valence-electron chi connectivity index (χ4n) is 1.98. The Morgan fingerprint density at radius 3 is 2.48 bits per heavy atom. The van der Waals surface area contributed by atoms with Gasteiger partial charge in [0.05, 0.1) is 15.6 Å². The molecule has 2 nitrogen and oxygen atoms in total. The van der Waals surface area contributed by atoms with Crippen LogP contribution in [0.25, 0.3) is 0 Å². The molecule has 0 unspecified atom stereocenters. The summed E-state index contributed by atoms with van der Waals surface area (Å²) in [4.78, 5) is 14.1. The molecule has 0 saturated heterocycles. The Bertz CT molecular complexity index is 688. The van der Waals surface area contributed by atoms with E-state index in [4.69, 9.17) is 23.2 Å². The van der Waals surface area contributed by atoms with Gasteiger partial charge in [-0.15, -0.1) is 0 Å². The topological polar surface area (TPSA) is 20.3 Å². The number of hydrogen-bond acceptors (Lipinski definition) is 1. The van der Waals surface area contributed by atoms with E-state index in [1.807, 2.05) is 31.2 Å². The number of benzene rings is 2. The van der Waals surface area contributed by atoms with Gasteiger partial charge in [0.1, 0.15) is 0 Å². The molecule has 0 aliphatic heterocycles. The quantitative estimate of drug-likeness (QED) is 0.697. The molecule has 1 amide bonds. The molecule has 0 saturated carbocycles. The molecule has 2 rings (SSSR count). The van der Waals surface area contributed by atoms with Gasteiger partial charge in [0.2, 0.25) is 0 Å². The number of aryl methyl sites for hydroxylation is 1. The highest BCUT2D eigenvalue weighted by molar-refractivity contribution is 9.10. The van der Waals surface area contributed by atoms with E-state index in [2.05, 4.69) is 15.9 Å². The van der Waals surface area contributed by atoms with E-state index in [1.54, 1.807) is 24.1 Å². The smallest absolute Gasteiger partial charge is 0.255 e. The molecule has 5 heteroatoms. The Morgan fingerprint density at radius 1 is 1.14 bits per heavy atom. The van der Waals surface area contributed by atoms with Gasteiger partial charge in [-0.25, -0.2) is 0 Å². The van der Waals surface area contributed by atoms with Crippen LogP contribution in [0.5, 0.6) is 0 Å². The van der Waals surface area contributed by atoms with E-state index in [9.17, 15) is 4.79 Å². The number of carbonyl (C=O) groups excluding carboxylic acids is 1. The number of hydrogen-bond donors (Lipinski definition) is 0. The summed E-state index contributed by atoms with van der Waals surface area (Å²) in [7, 11) is 1.76. The lowest BCUT2D eigenvalue weighted by atomic mass is 10.1. The second-order valence-electron chi connectivity index (χ2n) is 4.89. The molecule has 0 atom stereocenters. The summed E-state index contributed by atoms with van der Waals surface area (Å²) in [5.74, 6) is -0.0482. The molecular formula is C16H14BrCl2NO. The van der Waals surface area contributed by atoms with Gasteiger partial charge in [-0.2, -0.15) is 0 Å². The van der Waals surface area contributed by atoms with Crippen molar-refractivity contribution < 1.29 is 4.79 Å². The fourth-order valence-corrected chi connectivity index (χ4v) is 2.97. The first-order valence-electron chi connectivity index (χ1n) is 6.34. The first kappa shape index (κ1) is 16.3. The normalized spacial score (nSPS) is 10.5. The maximum atomic E-state index is 12.5. The predicted molar refractivity (Wildman–Crippen MR) is 91.1 cm³/mol. The SMILES string of the molecule is Cc1ccc(C(=O)N(C)Cc2ccc(Cl)c(Cl)c2)c(Br)c1. The number of halogens is 3. The van der Waals surface area contributed by atoms with E-state index >= 15 is 0 Å². The highest BCUT2D eigenvalue weighted by atomic mass is 79.9. The molecule has 0 aliphatic rings. The van der Waals surface area contributed by atoms with Crippen LogP contribution in [0, 0.1) is 6.92 Å². The molecule has 0 bridgehead atoms. The highest BCUT2D eigenvalue weighted by Gasteiger charge is 2.15. The maximum absolute atomic E-state index is 12.5. The van der Waals surface area contributed by atoms with Gasteiger partial charge in [0.15, 0.2) is 0 Å². The van der Waals surface area contributed by atoms with Gasteiger partial charge in [-0.1, -0.05) is 35.3 Å². The fraction of sp³-hybridized carbons (Fsp3) is 0.188. The van der Waals surface area contributed by atoms with Crippen LogP contribution in [0.1, 0.15) is 21.5 Å². The summed E-state index contributed by atoms with van der Waals surface area (Å²) in [6.07, 6.45) is 0. The van der Waals surface area contributed by atoms with Crippen molar-refractivity contribution in [1.29, 1.82) is 0 Å². The molecule has 0 aromatic heterocycles. The van der Waals surface area contributed by atoms with Crippen molar-refractivity contribution in [3.05, 3.63) is 67.6 Å².